The van der Waals surface area contributed by atoms with Crippen LogP contribution in [0.15, 0.2) is 22.5 Å². The summed E-state index contributed by atoms with van der Waals surface area (Å²) in [5, 5.41) is 8.89. The van der Waals surface area contributed by atoms with E-state index in [1.807, 2.05) is 18.4 Å². The zero-order valence-electron chi connectivity index (χ0n) is 14.4. The Balaban J connectivity index is 1.95. The van der Waals surface area contributed by atoms with Gasteiger partial charge in [0.1, 0.15) is 0 Å². The van der Waals surface area contributed by atoms with Crippen molar-refractivity contribution in [1.29, 1.82) is 0 Å². The van der Waals surface area contributed by atoms with Crippen LogP contribution in [0, 0.1) is 0 Å². The van der Waals surface area contributed by atoms with Crippen molar-refractivity contribution in [2.45, 2.75) is 38.5 Å². The lowest BCUT2D eigenvalue weighted by molar-refractivity contribution is 0.389. The molecule has 0 aliphatic heterocycles. The van der Waals surface area contributed by atoms with Crippen LogP contribution < -0.4 is 10.6 Å². The van der Waals surface area contributed by atoms with E-state index in [-0.39, 0.29) is 0 Å². The van der Waals surface area contributed by atoms with Crippen molar-refractivity contribution < 1.29 is 0 Å². The molecule has 0 saturated carbocycles. The Bertz CT molecular complexity index is 387. The number of nitrogens with zero attached hydrogens (tertiary/aromatic N) is 2. The van der Waals surface area contributed by atoms with Crippen molar-refractivity contribution in [2.24, 2.45) is 4.99 Å². The average molecular weight is 325 g/mol. The highest BCUT2D eigenvalue weighted by molar-refractivity contribution is 7.09. The van der Waals surface area contributed by atoms with Crippen molar-refractivity contribution in [3.05, 3.63) is 22.4 Å². The van der Waals surface area contributed by atoms with Gasteiger partial charge in [0.2, 0.25) is 0 Å². The lowest BCUT2D eigenvalue weighted by atomic mass is 10.1. The van der Waals surface area contributed by atoms with E-state index in [4.69, 9.17) is 0 Å². The summed E-state index contributed by atoms with van der Waals surface area (Å²) in [6.45, 7) is 3.15. The van der Waals surface area contributed by atoms with Gasteiger partial charge in [0.25, 0.3) is 0 Å². The van der Waals surface area contributed by atoms with Crippen molar-refractivity contribution in [3.63, 3.8) is 0 Å². The quantitative estimate of drug-likeness (QED) is 0.373. The Labute approximate surface area is 140 Å². The van der Waals surface area contributed by atoms with Crippen LogP contribution in [0.4, 0.5) is 0 Å². The highest BCUT2D eigenvalue weighted by Gasteiger charge is 1.98. The van der Waals surface area contributed by atoms with Crippen LogP contribution in [-0.4, -0.2) is 51.6 Å². The maximum atomic E-state index is 4.27. The summed E-state index contributed by atoms with van der Waals surface area (Å²) in [4.78, 5) is 7.94. The summed E-state index contributed by atoms with van der Waals surface area (Å²) >= 11 is 1.81. The van der Waals surface area contributed by atoms with Crippen LogP contribution in [0.5, 0.6) is 0 Å². The Morgan fingerprint density at radius 1 is 1.09 bits per heavy atom. The Morgan fingerprint density at radius 2 is 1.82 bits per heavy atom. The first-order valence-electron chi connectivity index (χ1n) is 8.34. The van der Waals surface area contributed by atoms with Gasteiger partial charge in [-0.05, 0) is 51.3 Å². The van der Waals surface area contributed by atoms with Crippen molar-refractivity contribution in [1.82, 2.24) is 15.5 Å². The summed E-state index contributed by atoms with van der Waals surface area (Å²) in [6, 6.07) is 4.28. The standard InChI is InChI=1S/C17H32N4S/c1-18-17(20-13-11-16-10-9-15-22-16)19-12-7-5-4-6-8-14-21(2)3/h9-10,15H,4-8,11-14H2,1-3H3,(H2,18,19,20). The monoisotopic (exact) mass is 324 g/mol. The normalized spacial score (nSPS) is 11.9. The van der Waals surface area contributed by atoms with Crippen LogP contribution in [0.2, 0.25) is 0 Å². The number of hydrogen-bond acceptors (Lipinski definition) is 3. The van der Waals surface area contributed by atoms with E-state index < -0.39 is 0 Å². The molecule has 0 aliphatic rings. The van der Waals surface area contributed by atoms with Gasteiger partial charge in [-0.1, -0.05) is 25.3 Å². The molecule has 0 radical (unpaired) electrons. The smallest absolute Gasteiger partial charge is 0.190 e. The third-order valence-corrected chi connectivity index (χ3v) is 4.48. The molecule has 4 nitrogen and oxygen atoms in total. The molecule has 0 bridgehead atoms. The second kappa shape index (κ2) is 12.5. The summed E-state index contributed by atoms with van der Waals surface area (Å²) in [5.74, 6) is 0.921. The Morgan fingerprint density at radius 3 is 2.50 bits per heavy atom. The maximum Gasteiger partial charge on any atom is 0.190 e. The fourth-order valence-corrected chi connectivity index (χ4v) is 2.98. The molecule has 0 atom stereocenters. The van der Waals surface area contributed by atoms with Crippen LogP contribution in [-0.2, 0) is 6.42 Å². The molecule has 0 fully saturated rings. The fraction of sp³-hybridized carbons (Fsp3) is 0.706. The molecule has 1 aromatic rings. The van der Waals surface area contributed by atoms with Gasteiger partial charge >= 0.3 is 0 Å². The molecule has 5 heteroatoms. The number of nitrogens with one attached hydrogen (secondary N) is 2. The molecule has 1 heterocycles. The minimum atomic E-state index is 0.921. The first-order chi connectivity index (χ1) is 10.7. The van der Waals surface area contributed by atoms with Crippen molar-refractivity contribution >= 4 is 17.3 Å². The van der Waals surface area contributed by atoms with Gasteiger partial charge in [-0.15, -0.1) is 11.3 Å². The Kier molecular flexibility index (Phi) is 10.8. The number of thiophene rings is 1. The second-order valence-corrected chi connectivity index (χ2v) is 6.86. The first kappa shape index (κ1) is 19.0. The van der Waals surface area contributed by atoms with Gasteiger partial charge in [-0.3, -0.25) is 4.99 Å². The molecule has 0 spiro atoms. The number of rotatable bonds is 11. The lowest BCUT2D eigenvalue weighted by Gasteiger charge is -2.11. The van der Waals surface area contributed by atoms with E-state index in [9.17, 15) is 0 Å². The molecule has 126 valence electrons. The summed E-state index contributed by atoms with van der Waals surface area (Å²) in [5.41, 5.74) is 0. The molecule has 22 heavy (non-hydrogen) atoms. The molecule has 0 aromatic carbocycles. The van der Waals surface area contributed by atoms with Crippen molar-refractivity contribution in [2.75, 3.05) is 40.8 Å². The average Bonchev–Trinajstić information content (AvgIpc) is 3.01. The number of guanidine groups is 1. The van der Waals surface area contributed by atoms with Crippen LogP contribution >= 0.6 is 11.3 Å². The van der Waals surface area contributed by atoms with Crippen molar-refractivity contribution in [3.8, 4) is 0 Å². The lowest BCUT2D eigenvalue weighted by Crippen LogP contribution is -2.38. The predicted molar refractivity (Wildman–Crippen MR) is 99.0 cm³/mol. The molecule has 1 rings (SSSR count). The van der Waals surface area contributed by atoms with Gasteiger partial charge in [0.15, 0.2) is 5.96 Å². The van der Waals surface area contributed by atoms with Crippen LogP contribution in [0.1, 0.15) is 37.0 Å². The molecule has 0 saturated heterocycles. The summed E-state index contributed by atoms with van der Waals surface area (Å²) in [7, 11) is 6.11. The maximum absolute atomic E-state index is 4.27. The van der Waals surface area contributed by atoms with Gasteiger partial charge in [-0.2, -0.15) is 0 Å². The van der Waals surface area contributed by atoms with Crippen LogP contribution in [0.3, 0.4) is 0 Å². The van der Waals surface area contributed by atoms with E-state index in [2.05, 4.69) is 52.1 Å². The first-order valence-corrected chi connectivity index (χ1v) is 9.22. The number of hydrogen-bond donors (Lipinski definition) is 2. The van der Waals surface area contributed by atoms with E-state index in [0.717, 1.165) is 25.5 Å². The number of aliphatic imine (C=N–C) groups is 1. The Hall–Kier alpha value is -1.07. The van der Waals surface area contributed by atoms with E-state index in [1.54, 1.807) is 0 Å². The molecule has 2 N–H and O–H groups in total. The van der Waals surface area contributed by atoms with Gasteiger partial charge in [0, 0.05) is 25.0 Å². The zero-order valence-corrected chi connectivity index (χ0v) is 15.2. The number of unbranched alkanes of at least 4 members (excludes halogenated alkanes) is 4. The SMILES string of the molecule is CN=C(NCCCCCCCN(C)C)NCCc1cccs1. The molecule has 1 aromatic heterocycles. The highest BCUT2D eigenvalue weighted by atomic mass is 32.1. The second-order valence-electron chi connectivity index (χ2n) is 5.83. The van der Waals surface area contributed by atoms with E-state index in [1.165, 1.54) is 43.5 Å². The summed E-state index contributed by atoms with van der Waals surface area (Å²) < 4.78 is 0. The topological polar surface area (TPSA) is 39.7 Å². The third kappa shape index (κ3) is 9.79. The highest BCUT2D eigenvalue weighted by Crippen LogP contribution is 2.08. The summed E-state index contributed by atoms with van der Waals surface area (Å²) in [6.07, 6.45) is 7.56. The van der Waals surface area contributed by atoms with E-state index in [0.29, 0.717) is 0 Å². The van der Waals surface area contributed by atoms with Crippen LogP contribution in [0.25, 0.3) is 0 Å². The molecular formula is C17H32N4S. The fourth-order valence-electron chi connectivity index (χ4n) is 2.27. The molecule has 0 unspecified atom stereocenters. The molecular weight excluding hydrogens is 292 g/mol. The van der Waals surface area contributed by atoms with Gasteiger partial charge in [0.05, 0.1) is 0 Å². The predicted octanol–water partition coefficient (Wildman–Crippen LogP) is 2.97. The van der Waals surface area contributed by atoms with Gasteiger partial charge in [-0.25, -0.2) is 0 Å². The minimum absolute atomic E-state index is 0.921. The third-order valence-electron chi connectivity index (χ3n) is 3.54. The molecule has 0 amide bonds. The largest absolute Gasteiger partial charge is 0.356 e. The molecule has 0 aliphatic carbocycles. The van der Waals surface area contributed by atoms with Gasteiger partial charge < -0.3 is 15.5 Å². The zero-order chi connectivity index (χ0) is 16.0. The minimum Gasteiger partial charge on any atom is -0.356 e. The van der Waals surface area contributed by atoms with E-state index >= 15 is 0 Å².